The van der Waals surface area contributed by atoms with Crippen molar-refractivity contribution in [3.8, 4) is 0 Å². The van der Waals surface area contributed by atoms with Gasteiger partial charge in [0.1, 0.15) is 0 Å². The van der Waals surface area contributed by atoms with Gasteiger partial charge >= 0.3 is 0 Å². The van der Waals surface area contributed by atoms with Crippen LogP contribution in [0.25, 0.3) is 0 Å². The van der Waals surface area contributed by atoms with Crippen molar-refractivity contribution in [1.82, 2.24) is 5.32 Å². The standard InChI is InChI=1S/C14H27NO/c1-4-14(5-2)11-15-10-13(3,16-14)9-12-7-6-8-12/h12,15H,4-11H2,1-3H3. The monoisotopic (exact) mass is 225 g/mol. The molecule has 16 heavy (non-hydrogen) atoms. The molecular weight excluding hydrogens is 198 g/mol. The molecule has 2 nitrogen and oxygen atoms in total. The number of ether oxygens (including phenoxy) is 1. The molecule has 0 aromatic carbocycles. The smallest absolute Gasteiger partial charge is 0.0809 e. The van der Waals surface area contributed by atoms with Gasteiger partial charge in [-0.1, -0.05) is 33.1 Å². The van der Waals surface area contributed by atoms with Crippen molar-refractivity contribution in [3.63, 3.8) is 0 Å². The summed E-state index contributed by atoms with van der Waals surface area (Å²) in [6.45, 7) is 8.86. The van der Waals surface area contributed by atoms with E-state index < -0.39 is 0 Å². The Morgan fingerprint density at radius 2 is 1.88 bits per heavy atom. The summed E-state index contributed by atoms with van der Waals surface area (Å²) in [7, 11) is 0. The summed E-state index contributed by atoms with van der Waals surface area (Å²) < 4.78 is 6.50. The van der Waals surface area contributed by atoms with Gasteiger partial charge in [-0.15, -0.1) is 0 Å². The van der Waals surface area contributed by atoms with Gasteiger partial charge in [0.2, 0.25) is 0 Å². The fraction of sp³-hybridized carbons (Fsp3) is 1.00. The molecule has 1 unspecified atom stereocenters. The fourth-order valence-corrected chi connectivity index (χ4v) is 3.22. The summed E-state index contributed by atoms with van der Waals surface area (Å²) in [5.41, 5.74) is 0.173. The molecule has 1 heterocycles. The zero-order valence-electron chi connectivity index (χ0n) is 11.1. The largest absolute Gasteiger partial charge is 0.366 e. The van der Waals surface area contributed by atoms with Crippen LogP contribution >= 0.6 is 0 Å². The van der Waals surface area contributed by atoms with Gasteiger partial charge in [-0.2, -0.15) is 0 Å². The van der Waals surface area contributed by atoms with Crippen LogP contribution in [0.1, 0.15) is 59.3 Å². The second-order valence-corrected chi connectivity index (χ2v) is 6.05. The molecule has 1 saturated heterocycles. The average Bonchev–Trinajstić information content (AvgIpc) is 2.24. The number of hydrogen-bond acceptors (Lipinski definition) is 2. The highest BCUT2D eigenvalue weighted by molar-refractivity contribution is 4.95. The molecule has 0 radical (unpaired) electrons. The van der Waals surface area contributed by atoms with Gasteiger partial charge in [0.25, 0.3) is 0 Å². The summed E-state index contributed by atoms with van der Waals surface area (Å²) in [6.07, 6.45) is 7.77. The number of hydrogen-bond donors (Lipinski definition) is 1. The Labute approximate surface area is 100 Å². The fourth-order valence-electron chi connectivity index (χ4n) is 3.22. The molecule has 0 bridgehead atoms. The van der Waals surface area contributed by atoms with E-state index in [9.17, 15) is 0 Å². The molecule has 0 aromatic heterocycles. The predicted octanol–water partition coefficient (Wildman–Crippen LogP) is 3.11. The van der Waals surface area contributed by atoms with E-state index in [1.165, 1.54) is 25.7 Å². The summed E-state index contributed by atoms with van der Waals surface area (Å²) in [6, 6.07) is 0. The molecule has 1 aliphatic heterocycles. The zero-order chi connectivity index (χ0) is 11.6. The SMILES string of the molecule is CCC1(CC)CNCC(C)(CC2CCC2)O1. The molecule has 94 valence electrons. The molecular formula is C14H27NO. The Bertz CT molecular complexity index is 233. The minimum absolute atomic E-state index is 0.0787. The summed E-state index contributed by atoms with van der Waals surface area (Å²) in [5, 5.41) is 3.60. The van der Waals surface area contributed by atoms with Crippen molar-refractivity contribution in [2.24, 2.45) is 5.92 Å². The van der Waals surface area contributed by atoms with Crippen LogP contribution in [-0.2, 0) is 4.74 Å². The topological polar surface area (TPSA) is 21.3 Å². The molecule has 2 fully saturated rings. The molecule has 0 spiro atoms. The van der Waals surface area contributed by atoms with Crippen LogP contribution in [0.4, 0.5) is 0 Å². The van der Waals surface area contributed by atoms with Crippen molar-refractivity contribution >= 4 is 0 Å². The highest BCUT2D eigenvalue weighted by Gasteiger charge is 2.42. The molecule has 0 amide bonds. The first kappa shape index (κ1) is 12.4. The lowest BCUT2D eigenvalue weighted by atomic mass is 9.76. The Hall–Kier alpha value is -0.0800. The lowest BCUT2D eigenvalue weighted by molar-refractivity contribution is -0.183. The van der Waals surface area contributed by atoms with Crippen LogP contribution < -0.4 is 5.32 Å². The zero-order valence-corrected chi connectivity index (χ0v) is 11.1. The summed E-state index contributed by atoms with van der Waals surface area (Å²) in [4.78, 5) is 0. The number of morpholine rings is 1. The van der Waals surface area contributed by atoms with Gasteiger partial charge in [-0.25, -0.2) is 0 Å². The molecule has 0 aromatic rings. The molecule has 1 saturated carbocycles. The quantitative estimate of drug-likeness (QED) is 0.794. The highest BCUT2D eigenvalue weighted by Crippen LogP contribution is 2.39. The Morgan fingerprint density at radius 3 is 2.38 bits per heavy atom. The Morgan fingerprint density at radius 1 is 1.19 bits per heavy atom. The van der Waals surface area contributed by atoms with Gasteiger partial charge in [-0.3, -0.25) is 0 Å². The first-order valence-electron chi connectivity index (χ1n) is 7.02. The van der Waals surface area contributed by atoms with E-state index in [2.05, 4.69) is 26.1 Å². The Balaban J connectivity index is 1.97. The van der Waals surface area contributed by atoms with Crippen molar-refractivity contribution in [2.45, 2.75) is 70.5 Å². The molecule has 2 rings (SSSR count). The van der Waals surface area contributed by atoms with Crippen LogP contribution in [-0.4, -0.2) is 24.3 Å². The van der Waals surface area contributed by atoms with E-state index in [0.717, 1.165) is 31.8 Å². The van der Waals surface area contributed by atoms with Crippen LogP contribution in [0.2, 0.25) is 0 Å². The van der Waals surface area contributed by atoms with E-state index in [4.69, 9.17) is 4.74 Å². The van der Waals surface area contributed by atoms with Crippen LogP contribution in [0.15, 0.2) is 0 Å². The van der Waals surface area contributed by atoms with Crippen molar-refractivity contribution in [3.05, 3.63) is 0 Å². The van der Waals surface area contributed by atoms with Gasteiger partial charge < -0.3 is 10.1 Å². The van der Waals surface area contributed by atoms with E-state index in [1.807, 2.05) is 0 Å². The third-order valence-corrected chi connectivity index (χ3v) is 4.64. The lowest BCUT2D eigenvalue weighted by Crippen LogP contribution is -2.59. The Kier molecular flexibility index (Phi) is 3.60. The highest BCUT2D eigenvalue weighted by atomic mass is 16.5. The van der Waals surface area contributed by atoms with Crippen molar-refractivity contribution in [2.75, 3.05) is 13.1 Å². The minimum Gasteiger partial charge on any atom is -0.366 e. The molecule has 1 atom stereocenters. The average molecular weight is 225 g/mol. The maximum atomic E-state index is 6.50. The maximum absolute atomic E-state index is 6.50. The van der Waals surface area contributed by atoms with Gasteiger partial charge in [0.05, 0.1) is 11.2 Å². The molecule has 2 heteroatoms. The van der Waals surface area contributed by atoms with Crippen molar-refractivity contribution < 1.29 is 4.74 Å². The molecule has 1 N–H and O–H groups in total. The van der Waals surface area contributed by atoms with E-state index in [1.54, 1.807) is 0 Å². The third-order valence-electron chi connectivity index (χ3n) is 4.64. The second kappa shape index (κ2) is 4.66. The lowest BCUT2D eigenvalue weighted by Gasteiger charge is -2.49. The van der Waals surface area contributed by atoms with E-state index >= 15 is 0 Å². The van der Waals surface area contributed by atoms with Gasteiger partial charge in [0, 0.05) is 13.1 Å². The number of nitrogens with one attached hydrogen (secondary N) is 1. The van der Waals surface area contributed by atoms with Crippen LogP contribution in [0, 0.1) is 5.92 Å². The van der Waals surface area contributed by atoms with E-state index in [0.29, 0.717) is 0 Å². The number of rotatable bonds is 4. The summed E-state index contributed by atoms with van der Waals surface area (Å²) >= 11 is 0. The molecule has 2 aliphatic rings. The maximum Gasteiger partial charge on any atom is 0.0809 e. The second-order valence-electron chi connectivity index (χ2n) is 6.05. The van der Waals surface area contributed by atoms with Gasteiger partial charge in [0.15, 0.2) is 0 Å². The van der Waals surface area contributed by atoms with E-state index in [-0.39, 0.29) is 11.2 Å². The van der Waals surface area contributed by atoms with Crippen LogP contribution in [0.3, 0.4) is 0 Å². The van der Waals surface area contributed by atoms with Crippen LogP contribution in [0.5, 0.6) is 0 Å². The first-order chi connectivity index (χ1) is 7.61. The van der Waals surface area contributed by atoms with Gasteiger partial charge in [-0.05, 0) is 32.1 Å². The predicted molar refractivity (Wildman–Crippen MR) is 67.6 cm³/mol. The first-order valence-corrected chi connectivity index (χ1v) is 7.02. The normalized spacial score (nSPS) is 34.7. The van der Waals surface area contributed by atoms with Crippen molar-refractivity contribution in [1.29, 1.82) is 0 Å². The third kappa shape index (κ3) is 2.43. The minimum atomic E-state index is 0.0787. The molecule has 1 aliphatic carbocycles. The summed E-state index contributed by atoms with van der Waals surface area (Å²) in [5.74, 6) is 0.927.